The van der Waals surface area contributed by atoms with Crippen LogP contribution in [-0.2, 0) is 11.2 Å². The second kappa shape index (κ2) is 4.50. The zero-order valence-corrected chi connectivity index (χ0v) is 7.71. The van der Waals surface area contributed by atoms with Gasteiger partial charge in [-0.05, 0) is 24.1 Å². The highest BCUT2D eigenvalue weighted by atomic mass is 16.1. The normalized spacial score (nSPS) is 9.62. The maximum Gasteiger partial charge on any atom is 0.236 e. The number of carbonyl (C=O) groups excluding carboxylic acids is 1. The Labute approximate surface area is 77.9 Å². The van der Waals surface area contributed by atoms with Gasteiger partial charge in [-0.1, -0.05) is 19.1 Å². The molecule has 1 rings (SSSR count). The van der Waals surface area contributed by atoms with Gasteiger partial charge in [0.25, 0.3) is 0 Å². The smallest absolute Gasteiger partial charge is 0.236 e. The topological polar surface area (TPSA) is 55.1 Å². The van der Waals surface area contributed by atoms with Gasteiger partial charge < -0.3 is 11.1 Å². The molecular weight excluding hydrogens is 164 g/mol. The molecule has 0 radical (unpaired) electrons. The third-order valence-corrected chi connectivity index (χ3v) is 1.83. The van der Waals surface area contributed by atoms with Crippen LogP contribution in [0.2, 0.25) is 0 Å². The third kappa shape index (κ3) is 3.15. The predicted molar refractivity (Wildman–Crippen MR) is 53.5 cm³/mol. The molecule has 0 spiro atoms. The van der Waals surface area contributed by atoms with Crippen LogP contribution in [0.25, 0.3) is 0 Å². The molecule has 3 nitrogen and oxygen atoms in total. The summed E-state index contributed by atoms with van der Waals surface area (Å²) in [5.41, 5.74) is 7.20. The fourth-order valence-electron chi connectivity index (χ4n) is 1.05. The lowest BCUT2D eigenvalue weighted by Crippen LogP contribution is -2.21. The number of primary amides is 1. The van der Waals surface area contributed by atoms with Crippen LogP contribution >= 0.6 is 0 Å². The van der Waals surface area contributed by atoms with Gasteiger partial charge in [-0.3, -0.25) is 4.79 Å². The monoisotopic (exact) mass is 178 g/mol. The largest absolute Gasteiger partial charge is 0.376 e. The predicted octanol–water partition coefficient (Wildman–Crippen LogP) is 1.15. The number of amides is 1. The molecule has 0 aromatic heterocycles. The van der Waals surface area contributed by atoms with E-state index >= 15 is 0 Å². The van der Waals surface area contributed by atoms with Gasteiger partial charge in [-0.2, -0.15) is 0 Å². The van der Waals surface area contributed by atoms with Crippen LogP contribution < -0.4 is 11.1 Å². The van der Waals surface area contributed by atoms with E-state index in [1.807, 2.05) is 24.3 Å². The molecule has 0 saturated heterocycles. The number of anilines is 1. The minimum absolute atomic E-state index is 0.186. The summed E-state index contributed by atoms with van der Waals surface area (Å²) >= 11 is 0. The van der Waals surface area contributed by atoms with Crippen LogP contribution in [0.4, 0.5) is 5.69 Å². The van der Waals surface area contributed by atoms with Crippen molar-refractivity contribution in [2.75, 3.05) is 11.9 Å². The Kier molecular flexibility index (Phi) is 3.31. The third-order valence-electron chi connectivity index (χ3n) is 1.83. The average molecular weight is 178 g/mol. The molecule has 0 fully saturated rings. The van der Waals surface area contributed by atoms with Crippen molar-refractivity contribution in [2.45, 2.75) is 13.3 Å². The summed E-state index contributed by atoms with van der Waals surface area (Å²) < 4.78 is 0. The number of nitrogens with one attached hydrogen (secondary N) is 1. The number of aryl methyl sites for hydroxylation is 1. The summed E-state index contributed by atoms with van der Waals surface area (Å²) in [6.07, 6.45) is 1.02. The van der Waals surface area contributed by atoms with Crippen molar-refractivity contribution in [3.8, 4) is 0 Å². The Hall–Kier alpha value is -1.51. The van der Waals surface area contributed by atoms with Gasteiger partial charge in [0.1, 0.15) is 0 Å². The Morgan fingerprint density at radius 3 is 2.46 bits per heavy atom. The van der Waals surface area contributed by atoms with Crippen molar-refractivity contribution in [3.63, 3.8) is 0 Å². The molecule has 0 aliphatic carbocycles. The first-order chi connectivity index (χ1) is 6.22. The van der Waals surface area contributed by atoms with Crippen molar-refractivity contribution < 1.29 is 4.79 Å². The Bertz CT molecular complexity index is 279. The van der Waals surface area contributed by atoms with E-state index in [-0.39, 0.29) is 12.5 Å². The SMILES string of the molecule is CCc1ccc(NCC(N)=O)cc1. The van der Waals surface area contributed by atoms with Gasteiger partial charge in [0.05, 0.1) is 6.54 Å². The number of hydrogen-bond donors (Lipinski definition) is 2. The Balaban J connectivity index is 2.54. The Morgan fingerprint density at radius 2 is 2.00 bits per heavy atom. The van der Waals surface area contributed by atoms with Crippen LogP contribution in [0.1, 0.15) is 12.5 Å². The minimum atomic E-state index is -0.348. The van der Waals surface area contributed by atoms with Gasteiger partial charge in [-0.15, -0.1) is 0 Å². The van der Waals surface area contributed by atoms with Crippen LogP contribution in [0, 0.1) is 0 Å². The zero-order valence-electron chi connectivity index (χ0n) is 7.71. The number of rotatable bonds is 4. The molecule has 0 saturated carbocycles. The van der Waals surface area contributed by atoms with E-state index in [9.17, 15) is 4.79 Å². The summed E-state index contributed by atoms with van der Waals surface area (Å²) in [5, 5.41) is 2.92. The summed E-state index contributed by atoms with van der Waals surface area (Å²) in [6.45, 7) is 2.29. The molecule has 0 aliphatic rings. The average Bonchev–Trinajstić information content (AvgIpc) is 2.15. The summed E-state index contributed by atoms with van der Waals surface area (Å²) in [5.74, 6) is -0.348. The quantitative estimate of drug-likeness (QED) is 0.726. The highest BCUT2D eigenvalue weighted by Gasteiger charge is 1.94. The molecule has 0 atom stereocenters. The molecule has 1 amide bonds. The van der Waals surface area contributed by atoms with Crippen LogP contribution in [-0.4, -0.2) is 12.5 Å². The van der Waals surface area contributed by atoms with Crippen molar-refractivity contribution in [3.05, 3.63) is 29.8 Å². The van der Waals surface area contributed by atoms with Gasteiger partial charge >= 0.3 is 0 Å². The minimum Gasteiger partial charge on any atom is -0.376 e. The highest BCUT2D eigenvalue weighted by molar-refractivity contribution is 5.78. The first-order valence-corrected chi connectivity index (χ1v) is 4.33. The number of hydrogen-bond acceptors (Lipinski definition) is 2. The number of benzene rings is 1. The van der Waals surface area contributed by atoms with E-state index in [0.29, 0.717) is 0 Å². The molecule has 1 aromatic rings. The molecule has 1 aromatic carbocycles. The van der Waals surface area contributed by atoms with Gasteiger partial charge in [0.2, 0.25) is 5.91 Å². The summed E-state index contributed by atoms with van der Waals surface area (Å²) in [4.78, 5) is 10.5. The summed E-state index contributed by atoms with van der Waals surface area (Å²) in [7, 11) is 0. The Morgan fingerprint density at radius 1 is 1.38 bits per heavy atom. The maximum atomic E-state index is 10.5. The molecule has 70 valence electrons. The number of carbonyl (C=O) groups is 1. The van der Waals surface area contributed by atoms with Crippen molar-refractivity contribution in [1.29, 1.82) is 0 Å². The van der Waals surface area contributed by atoms with Crippen LogP contribution in [0.3, 0.4) is 0 Å². The highest BCUT2D eigenvalue weighted by Crippen LogP contribution is 2.08. The molecule has 0 unspecified atom stereocenters. The van der Waals surface area contributed by atoms with E-state index in [1.165, 1.54) is 5.56 Å². The molecule has 13 heavy (non-hydrogen) atoms. The van der Waals surface area contributed by atoms with Crippen LogP contribution in [0.15, 0.2) is 24.3 Å². The zero-order chi connectivity index (χ0) is 9.68. The molecule has 0 heterocycles. The molecular formula is C10H14N2O. The van der Waals surface area contributed by atoms with Crippen molar-refractivity contribution in [1.82, 2.24) is 0 Å². The molecule has 0 bridgehead atoms. The fourth-order valence-corrected chi connectivity index (χ4v) is 1.05. The van der Waals surface area contributed by atoms with E-state index in [4.69, 9.17) is 5.73 Å². The van der Waals surface area contributed by atoms with E-state index < -0.39 is 0 Å². The maximum absolute atomic E-state index is 10.5. The lowest BCUT2D eigenvalue weighted by molar-refractivity contribution is -0.116. The fraction of sp³-hybridized carbons (Fsp3) is 0.300. The van der Waals surface area contributed by atoms with Gasteiger partial charge in [0, 0.05) is 5.69 Å². The number of nitrogens with two attached hydrogens (primary N) is 1. The summed E-state index contributed by atoms with van der Waals surface area (Å²) in [6, 6.07) is 7.95. The van der Waals surface area contributed by atoms with E-state index in [1.54, 1.807) is 0 Å². The second-order valence-electron chi connectivity index (χ2n) is 2.87. The van der Waals surface area contributed by atoms with E-state index in [0.717, 1.165) is 12.1 Å². The standard InChI is InChI=1S/C10H14N2O/c1-2-8-3-5-9(6-4-8)12-7-10(11)13/h3-6,12H,2,7H2,1H3,(H2,11,13). The first-order valence-electron chi connectivity index (χ1n) is 4.33. The lowest BCUT2D eigenvalue weighted by atomic mass is 10.1. The van der Waals surface area contributed by atoms with Crippen LogP contribution in [0.5, 0.6) is 0 Å². The van der Waals surface area contributed by atoms with Crippen molar-refractivity contribution >= 4 is 11.6 Å². The molecule has 3 N–H and O–H groups in total. The first kappa shape index (κ1) is 9.58. The van der Waals surface area contributed by atoms with Gasteiger partial charge in [-0.25, -0.2) is 0 Å². The second-order valence-corrected chi connectivity index (χ2v) is 2.87. The van der Waals surface area contributed by atoms with E-state index in [2.05, 4.69) is 12.2 Å². The molecule has 0 aliphatic heterocycles. The van der Waals surface area contributed by atoms with Crippen molar-refractivity contribution in [2.24, 2.45) is 5.73 Å². The molecule has 3 heteroatoms. The lowest BCUT2D eigenvalue weighted by Gasteiger charge is -2.03. The van der Waals surface area contributed by atoms with Gasteiger partial charge in [0.15, 0.2) is 0 Å².